The van der Waals surface area contributed by atoms with Crippen molar-refractivity contribution in [1.82, 2.24) is 0 Å². The monoisotopic (exact) mass is 339 g/mol. The van der Waals surface area contributed by atoms with Crippen molar-refractivity contribution in [3.63, 3.8) is 0 Å². The van der Waals surface area contributed by atoms with E-state index in [9.17, 15) is 0 Å². The Morgan fingerprint density at radius 3 is 1.69 bits per heavy atom. The van der Waals surface area contributed by atoms with Gasteiger partial charge in [-0.3, -0.25) is 0 Å². The maximum Gasteiger partial charge on any atom is 0.341 e. The van der Waals surface area contributed by atoms with Crippen LogP contribution in [0, 0.1) is 6.57 Å². The maximum absolute atomic E-state index is 7.47. The van der Waals surface area contributed by atoms with E-state index in [-0.39, 0.29) is 0 Å². The summed E-state index contributed by atoms with van der Waals surface area (Å²) >= 11 is 0. The largest absolute Gasteiger partial charge is 0.403 e. The van der Waals surface area contributed by atoms with Crippen molar-refractivity contribution < 1.29 is 18.0 Å². The summed E-state index contributed by atoms with van der Waals surface area (Å²) in [5, 5.41) is 0. The minimum Gasteiger partial charge on any atom is -0.403 e. The zero-order valence-electron chi connectivity index (χ0n) is 13.7. The van der Waals surface area contributed by atoms with E-state index in [1.165, 1.54) is 0 Å². The Morgan fingerprint density at radius 1 is 0.692 bits per heavy atom. The molecule has 0 N–H and O–H groups in total. The lowest BCUT2D eigenvalue weighted by molar-refractivity contribution is -0.581. The number of aromatic nitrogens is 2. The van der Waals surface area contributed by atoms with E-state index >= 15 is 0 Å². The van der Waals surface area contributed by atoms with Gasteiger partial charge in [-0.1, -0.05) is 24.3 Å². The minimum atomic E-state index is 0.549. The summed E-state index contributed by atoms with van der Waals surface area (Å²) in [5.41, 5.74) is 5.75. The van der Waals surface area contributed by atoms with Gasteiger partial charge in [0.25, 0.3) is 11.0 Å². The third-order valence-corrected chi connectivity index (χ3v) is 4.39. The molecule has 0 bridgehead atoms. The molecule has 3 aromatic carbocycles. The van der Waals surface area contributed by atoms with Gasteiger partial charge in [0.1, 0.15) is 0 Å². The molecule has 0 aliphatic carbocycles. The van der Waals surface area contributed by atoms with Crippen molar-refractivity contribution in [3.05, 3.63) is 90.9 Å². The number of rotatable bonds is 2. The molecule has 0 spiro atoms. The predicted octanol–water partition coefficient (Wildman–Crippen LogP) is 4.28. The van der Waals surface area contributed by atoms with Crippen LogP contribution in [-0.2, 0) is 0 Å². The van der Waals surface area contributed by atoms with Crippen LogP contribution in [-0.4, -0.2) is 0 Å². The fourth-order valence-corrected chi connectivity index (χ4v) is 3.17. The molecule has 122 valence electrons. The van der Waals surface area contributed by atoms with E-state index in [2.05, 4.69) is 4.85 Å². The Bertz CT molecular complexity index is 1220. The van der Waals surface area contributed by atoms with Crippen LogP contribution in [0.2, 0.25) is 0 Å². The van der Waals surface area contributed by atoms with Crippen LogP contribution < -0.4 is 9.13 Å². The number of oxazole rings is 2. The normalized spacial score (nSPS) is 11.0. The zero-order chi connectivity index (χ0) is 17.5. The molecule has 0 aliphatic rings. The fraction of sp³-hybridized carbons (Fsp3) is 0. The van der Waals surface area contributed by atoms with E-state index in [1.54, 1.807) is 12.8 Å². The Morgan fingerprint density at radius 2 is 1.19 bits per heavy atom. The SMILES string of the molecule is [C-]#[N+]c1cc(-[n+]2coc3ccccc32)cc(-[n+]2coc3ccccc32)c1. The lowest BCUT2D eigenvalue weighted by atomic mass is 10.2. The summed E-state index contributed by atoms with van der Waals surface area (Å²) in [5.74, 6) is 0. The quantitative estimate of drug-likeness (QED) is 0.356. The molecule has 5 aromatic rings. The Balaban J connectivity index is 1.76. The average molecular weight is 339 g/mol. The van der Waals surface area contributed by atoms with Crippen LogP contribution in [0.5, 0.6) is 0 Å². The molecule has 0 saturated heterocycles. The molecule has 0 saturated carbocycles. The van der Waals surface area contributed by atoms with Gasteiger partial charge in [0.05, 0.1) is 12.6 Å². The first-order valence-corrected chi connectivity index (χ1v) is 8.12. The molecule has 5 rings (SSSR count). The van der Waals surface area contributed by atoms with Crippen molar-refractivity contribution >= 4 is 27.9 Å². The second kappa shape index (κ2) is 5.57. The Labute approximate surface area is 148 Å². The molecular formula is C21H13N3O2+2. The highest BCUT2D eigenvalue weighted by molar-refractivity contribution is 5.70. The highest BCUT2D eigenvalue weighted by atomic mass is 16.3. The van der Waals surface area contributed by atoms with Crippen molar-refractivity contribution in [2.24, 2.45) is 0 Å². The van der Waals surface area contributed by atoms with E-state index in [1.807, 2.05) is 75.9 Å². The molecule has 5 nitrogen and oxygen atoms in total. The van der Waals surface area contributed by atoms with Gasteiger partial charge in [-0.2, -0.15) is 0 Å². The molecule has 0 fully saturated rings. The van der Waals surface area contributed by atoms with Gasteiger partial charge in [0.15, 0.2) is 5.69 Å². The van der Waals surface area contributed by atoms with Crippen LogP contribution in [0.25, 0.3) is 38.4 Å². The second-order valence-corrected chi connectivity index (χ2v) is 5.94. The number of para-hydroxylation sites is 4. The first kappa shape index (κ1) is 14.4. The van der Waals surface area contributed by atoms with E-state index < -0.39 is 0 Å². The highest BCUT2D eigenvalue weighted by Gasteiger charge is 2.22. The second-order valence-electron chi connectivity index (χ2n) is 5.94. The number of benzene rings is 3. The van der Waals surface area contributed by atoms with Crippen molar-refractivity contribution in [1.29, 1.82) is 0 Å². The van der Waals surface area contributed by atoms with Gasteiger partial charge in [-0.15, -0.1) is 9.13 Å². The summed E-state index contributed by atoms with van der Waals surface area (Å²) in [6, 6.07) is 21.3. The zero-order valence-corrected chi connectivity index (χ0v) is 13.7. The molecule has 2 aromatic heterocycles. The number of hydrogen-bond donors (Lipinski definition) is 0. The molecule has 0 unspecified atom stereocenters. The Kier molecular flexibility index (Phi) is 3.09. The summed E-state index contributed by atoms with van der Waals surface area (Å²) < 4.78 is 15.2. The molecule has 0 aliphatic heterocycles. The summed E-state index contributed by atoms with van der Waals surface area (Å²) in [7, 11) is 0. The van der Waals surface area contributed by atoms with Crippen molar-refractivity contribution in [2.45, 2.75) is 0 Å². The van der Waals surface area contributed by atoms with Gasteiger partial charge in [0.2, 0.25) is 22.5 Å². The van der Waals surface area contributed by atoms with E-state index in [4.69, 9.17) is 15.4 Å². The van der Waals surface area contributed by atoms with E-state index in [0.29, 0.717) is 5.69 Å². The van der Waals surface area contributed by atoms with Gasteiger partial charge in [0, 0.05) is 24.3 Å². The van der Waals surface area contributed by atoms with Gasteiger partial charge in [-0.25, -0.2) is 4.85 Å². The number of fused-ring (bicyclic) bond motifs is 2. The summed E-state index contributed by atoms with van der Waals surface area (Å²) in [6.45, 7) is 7.47. The molecule has 26 heavy (non-hydrogen) atoms. The van der Waals surface area contributed by atoms with Crippen molar-refractivity contribution in [3.8, 4) is 11.4 Å². The van der Waals surface area contributed by atoms with Crippen LogP contribution in [0.1, 0.15) is 0 Å². The van der Waals surface area contributed by atoms with E-state index in [0.717, 1.165) is 33.6 Å². The lowest BCUT2D eigenvalue weighted by Gasteiger charge is -1.97. The topological polar surface area (TPSA) is 38.4 Å². The fourth-order valence-electron chi connectivity index (χ4n) is 3.17. The molecular weight excluding hydrogens is 326 g/mol. The standard InChI is InChI=1S/C21H13N3O2/c1-22-15-10-16(23-13-25-20-8-4-2-6-18(20)23)12-17(11-15)24-14-26-21-9-5-3-7-19(21)24/h2-14H/q+2. The summed E-state index contributed by atoms with van der Waals surface area (Å²) in [4.78, 5) is 3.63. The lowest BCUT2D eigenvalue weighted by Crippen LogP contribution is -2.32. The predicted molar refractivity (Wildman–Crippen MR) is 95.3 cm³/mol. The molecule has 5 heteroatoms. The van der Waals surface area contributed by atoms with Crippen molar-refractivity contribution in [2.75, 3.05) is 0 Å². The third-order valence-electron chi connectivity index (χ3n) is 4.39. The highest BCUT2D eigenvalue weighted by Crippen LogP contribution is 2.22. The molecule has 2 heterocycles. The smallest absolute Gasteiger partial charge is 0.341 e. The van der Waals surface area contributed by atoms with Crippen LogP contribution in [0.4, 0.5) is 5.69 Å². The van der Waals surface area contributed by atoms with Crippen LogP contribution in [0.15, 0.2) is 88.4 Å². The van der Waals surface area contributed by atoms with Gasteiger partial charge < -0.3 is 8.83 Å². The third kappa shape index (κ3) is 2.17. The number of hydrogen-bond acceptors (Lipinski definition) is 2. The first-order chi connectivity index (χ1) is 12.8. The molecule has 0 radical (unpaired) electrons. The number of nitrogens with zero attached hydrogens (tertiary/aromatic N) is 3. The first-order valence-electron chi connectivity index (χ1n) is 8.12. The van der Waals surface area contributed by atoms with Crippen LogP contribution >= 0.6 is 0 Å². The maximum atomic E-state index is 7.47. The van der Waals surface area contributed by atoms with Crippen LogP contribution in [0.3, 0.4) is 0 Å². The van der Waals surface area contributed by atoms with Gasteiger partial charge in [-0.05, 0) is 12.1 Å². The molecule has 0 atom stereocenters. The summed E-state index contributed by atoms with van der Waals surface area (Å²) in [6.07, 6.45) is 3.32. The average Bonchev–Trinajstić information content (AvgIpc) is 3.32. The van der Waals surface area contributed by atoms with Gasteiger partial charge >= 0.3 is 12.8 Å². The Hall–Kier alpha value is -3.91. The molecule has 0 amide bonds. The minimum absolute atomic E-state index is 0.549.